The molecule has 0 aliphatic heterocycles. The summed E-state index contributed by atoms with van der Waals surface area (Å²) in [6.07, 6.45) is 7.83. The largest absolute Gasteiger partial charge is 0.310 e. The Morgan fingerprint density at radius 2 is 2.00 bits per heavy atom. The zero-order valence-electron chi connectivity index (χ0n) is 10.5. The van der Waals surface area contributed by atoms with Crippen molar-refractivity contribution in [2.24, 2.45) is 0 Å². The number of nitrogens with zero attached hydrogens (tertiary/aromatic N) is 2. The predicted molar refractivity (Wildman–Crippen MR) is 72.2 cm³/mol. The van der Waals surface area contributed by atoms with Gasteiger partial charge in [-0.25, -0.2) is 0 Å². The third-order valence-corrected chi connectivity index (χ3v) is 3.33. The zero-order valence-corrected chi connectivity index (χ0v) is 10.5. The van der Waals surface area contributed by atoms with Gasteiger partial charge in [-0.05, 0) is 24.8 Å². The molecule has 1 aliphatic rings. The molecule has 3 rings (SSSR count). The Hall–Kier alpha value is -1.61. The van der Waals surface area contributed by atoms with Gasteiger partial charge in [0, 0.05) is 30.9 Å². The first-order valence-corrected chi connectivity index (χ1v) is 6.69. The van der Waals surface area contributed by atoms with Crippen LogP contribution < -0.4 is 5.32 Å². The van der Waals surface area contributed by atoms with E-state index in [9.17, 15) is 0 Å². The van der Waals surface area contributed by atoms with Crippen LogP contribution in [0.4, 0.5) is 0 Å². The summed E-state index contributed by atoms with van der Waals surface area (Å²) in [5.74, 6) is 0. The van der Waals surface area contributed by atoms with Crippen LogP contribution in [0.2, 0.25) is 0 Å². The van der Waals surface area contributed by atoms with Crippen molar-refractivity contribution in [1.82, 2.24) is 15.1 Å². The summed E-state index contributed by atoms with van der Waals surface area (Å²) < 4.78 is 2.04. The lowest BCUT2D eigenvalue weighted by Gasteiger charge is -2.02. The van der Waals surface area contributed by atoms with Gasteiger partial charge in [-0.3, -0.25) is 4.68 Å². The Labute approximate surface area is 108 Å². The summed E-state index contributed by atoms with van der Waals surface area (Å²) in [5.41, 5.74) is 2.65. The van der Waals surface area contributed by atoms with Gasteiger partial charge in [0.25, 0.3) is 0 Å². The van der Waals surface area contributed by atoms with E-state index in [2.05, 4.69) is 46.9 Å². The Balaban J connectivity index is 1.50. The second-order valence-electron chi connectivity index (χ2n) is 5.00. The second-order valence-corrected chi connectivity index (χ2v) is 5.00. The molecule has 0 unspecified atom stereocenters. The summed E-state index contributed by atoms with van der Waals surface area (Å²) in [6.45, 7) is 1.91. The van der Waals surface area contributed by atoms with Gasteiger partial charge in [0.05, 0.1) is 6.20 Å². The van der Waals surface area contributed by atoms with Crippen LogP contribution in [0.1, 0.15) is 24.0 Å². The van der Waals surface area contributed by atoms with E-state index in [1.54, 1.807) is 0 Å². The van der Waals surface area contributed by atoms with Gasteiger partial charge in [-0.15, -0.1) is 0 Å². The van der Waals surface area contributed by atoms with Crippen molar-refractivity contribution in [3.63, 3.8) is 0 Å². The molecule has 18 heavy (non-hydrogen) atoms. The first-order chi connectivity index (χ1) is 8.90. The molecule has 1 heterocycles. The average molecular weight is 241 g/mol. The van der Waals surface area contributed by atoms with Crippen molar-refractivity contribution in [1.29, 1.82) is 0 Å². The number of hydrogen-bond acceptors (Lipinski definition) is 2. The highest BCUT2D eigenvalue weighted by atomic mass is 15.3. The summed E-state index contributed by atoms with van der Waals surface area (Å²) in [5, 5.41) is 7.91. The maximum Gasteiger partial charge on any atom is 0.0534 e. The van der Waals surface area contributed by atoms with Gasteiger partial charge in [0.1, 0.15) is 0 Å². The zero-order chi connectivity index (χ0) is 12.2. The summed E-state index contributed by atoms with van der Waals surface area (Å²) >= 11 is 0. The molecule has 1 saturated carbocycles. The summed E-state index contributed by atoms with van der Waals surface area (Å²) in [6, 6.07) is 11.3. The maximum atomic E-state index is 4.41. The smallest absolute Gasteiger partial charge is 0.0534 e. The normalized spacial score (nSPS) is 14.9. The lowest BCUT2D eigenvalue weighted by Crippen LogP contribution is -2.14. The first-order valence-electron chi connectivity index (χ1n) is 6.69. The van der Waals surface area contributed by atoms with Crippen LogP contribution in [-0.2, 0) is 19.5 Å². The first kappa shape index (κ1) is 11.5. The van der Waals surface area contributed by atoms with E-state index in [1.807, 2.05) is 10.9 Å². The van der Waals surface area contributed by atoms with Crippen molar-refractivity contribution in [2.45, 2.75) is 38.4 Å². The molecule has 1 N–H and O–H groups in total. The SMILES string of the molecule is c1ccc(CCn2cc(CNC3CC3)cn2)cc1. The molecule has 0 amide bonds. The van der Waals surface area contributed by atoms with Crippen molar-refractivity contribution in [3.8, 4) is 0 Å². The van der Waals surface area contributed by atoms with Crippen molar-refractivity contribution in [2.75, 3.05) is 0 Å². The predicted octanol–water partition coefficient (Wildman–Crippen LogP) is 2.38. The Morgan fingerprint density at radius 1 is 1.17 bits per heavy atom. The van der Waals surface area contributed by atoms with E-state index in [4.69, 9.17) is 0 Å². The lowest BCUT2D eigenvalue weighted by atomic mass is 10.1. The molecular weight excluding hydrogens is 222 g/mol. The van der Waals surface area contributed by atoms with E-state index in [0.29, 0.717) is 0 Å². The third-order valence-electron chi connectivity index (χ3n) is 3.33. The van der Waals surface area contributed by atoms with E-state index >= 15 is 0 Å². The van der Waals surface area contributed by atoms with Crippen LogP contribution in [0.15, 0.2) is 42.7 Å². The minimum atomic E-state index is 0.762. The fourth-order valence-corrected chi connectivity index (χ4v) is 2.06. The van der Waals surface area contributed by atoms with Crippen LogP contribution in [0, 0.1) is 0 Å². The van der Waals surface area contributed by atoms with Gasteiger partial charge in [-0.2, -0.15) is 5.10 Å². The van der Waals surface area contributed by atoms with Crippen LogP contribution >= 0.6 is 0 Å². The Kier molecular flexibility index (Phi) is 3.42. The Morgan fingerprint density at radius 3 is 2.78 bits per heavy atom. The van der Waals surface area contributed by atoms with Gasteiger partial charge in [0.2, 0.25) is 0 Å². The minimum absolute atomic E-state index is 0.762. The molecule has 1 aromatic heterocycles. The number of hydrogen-bond donors (Lipinski definition) is 1. The minimum Gasteiger partial charge on any atom is -0.310 e. The molecule has 1 aromatic carbocycles. The molecule has 1 aliphatic carbocycles. The van der Waals surface area contributed by atoms with Crippen molar-refractivity contribution >= 4 is 0 Å². The van der Waals surface area contributed by atoms with E-state index < -0.39 is 0 Å². The highest BCUT2D eigenvalue weighted by Crippen LogP contribution is 2.19. The number of rotatable bonds is 6. The number of nitrogens with one attached hydrogen (secondary N) is 1. The Bertz CT molecular complexity index is 485. The van der Waals surface area contributed by atoms with Gasteiger partial charge >= 0.3 is 0 Å². The molecule has 3 nitrogen and oxygen atoms in total. The van der Waals surface area contributed by atoms with E-state index in [-0.39, 0.29) is 0 Å². The van der Waals surface area contributed by atoms with Crippen LogP contribution in [0.25, 0.3) is 0 Å². The van der Waals surface area contributed by atoms with Crippen molar-refractivity contribution < 1.29 is 0 Å². The molecule has 0 radical (unpaired) electrons. The van der Waals surface area contributed by atoms with Gasteiger partial charge in [0.15, 0.2) is 0 Å². The summed E-state index contributed by atoms with van der Waals surface area (Å²) in [7, 11) is 0. The molecule has 0 saturated heterocycles. The van der Waals surface area contributed by atoms with E-state index in [1.165, 1.54) is 24.0 Å². The van der Waals surface area contributed by atoms with Crippen LogP contribution in [0.3, 0.4) is 0 Å². The molecule has 1 fully saturated rings. The molecule has 0 bridgehead atoms. The quantitative estimate of drug-likeness (QED) is 0.841. The molecule has 0 spiro atoms. The fraction of sp³-hybridized carbons (Fsp3) is 0.400. The molecule has 94 valence electrons. The summed E-state index contributed by atoms with van der Waals surface area (Å²) in [4.78, 5) is 0. The van der Waals surface area contributed by atoms with Gasteiger partial charge in [-0.1, -0.05) is 30.3 Å². The topological polar surface area (TPSA) is 29.9 Å². The maximum absolute atomic E-state index is 4.41. The average Bonchev–Trinajstić information content (AvgIpc) is 3.14. The lowest BCUT2D eigenvalue weighted by molar-refractivity contribution is 0.613. The van der Waals surface area contributed by atoms with Crippen LogP contribution in [0.5, 0.6) is 0 Å². The molecule has 2 aromatic rings. The standard InChI is InChI=1S/C15H19N3/c1-2-4-13(5-3-1)8-9-18-12-14(11-17-18)10-16-15-6-7-15/h1-5,11-12,15-16H,6-10H2. The number of benzene rings is 1. The number of aryl methyl sites for hydroxylation is 2. The molecular formula is C15H19N3. The third kappa shape index (κ3) is 3.20. The van der Waals surface area contributed by atoms with E-state index in [0.717, 1.165) is 25.6 Å². The van der Waals surface area contributed by atoms with Crippen molar-refractivity contribution in [3.05, 3.63) is 53.9 Å². The molecule has 3 heteroatoms. The molecule has 0 atom stereocenters. The fourth-order valence-electron chi connectivity index (χ4n) is 2.06. The van der Waals surface area contributed by atoms with Crippen LogP contribution in [-0.4, -0.2) is 15.8 Å². The number of aromatic nitrogens is 2. The highest BCUT2D eigenvalue weighted by Gasteiger charge is 2.20. The highest BCUT2D eigenvalue weighted by molar-refractivity contribution is 5.14. The monoisotopic (exact) mass is 241 g/mol. The van der Waals surface area contributed by atoms with Gasteiger partial charge < -0.3 is 5.32 Å². The second kappa shape index (κ2) is 5.36.